The summed E-state index contributed by atoms with van der Waals surface area (Å²) in [6.45, 7) is 3.43. The molecule has 0 radical (unpaired) electrons. The van der Waals surface area contributed by atoms with Gasteiger partial charge in [0.15, 0.2) is 0 Å². The molecule has 8 nitrogen and oxygen atoms in total. The molecular formula is C26H20F3N3O5. The van der Waals surface area contributed by atoms with Crippen LogP contribution in [-0.2, 0) is 11.0 Å². The summed E-state index contributed by atoms with van der Waals surface area (Å²) in [4.78, 5) is 27.6. The van der Waals surface area contributed by atoms with Crippen molar-refractivity contribution in [3.8, 4) is 23.3 Å². The number of hydrogen-bond acceptors (Lipinski definition) is 6. The number of amides is 1. The van der Waals surface area contributed by atoms with Crippen molar-refractivity contribution in [3.63, 3.8) is 0 Å². The minimum atomic E-state index is -4.58. The van der Waals surface area contributed by atoms with Crippen LogP contribution in [0.2, 0.25) is 0 Å². The summed E-state index contributed by atoms with van der Waals surface area (Å²) in [5.41, 5.74) is 0.308. The smallest absolute Gasteiger partial charge is 0.433 e. The molecule has 2 aromatic carbocycles. The first-order valence-corrected chi connectivity index (χ1v) is 11.1. The summed E-state index contributed by atoms with van der Waals surface area (Å²) in [5, 5.41) is 21.7. The van der Waals surface area contributed by atoms with E-state index >= 15 is 0 Å². The Morgan fingerprint density at radius 3 is 2.54 bits per heavy atom. The van der Waals surface area contributed by atoms with Crippen LogP contribution < -0.4 is 14.8 Å². The third kappa shape index (κ3) is 5.48. The number of nitrogens with one attached hydrogen (secondary N) is 1. The zero-order valence-corrected chi connectivity index (χ0v) is 19.6. The number of alkyl halides is 3. The molecule has 3 aromatic rings. The van der Waals surface area contributed by atoms with Gasteiger partial charge in [0.05, 0.1) is 29.5 Å². The van der Waals surface area contributed by atoms with Gasteiger partial charge in [0.1, 0.15) is 29.0 Å². The van der Waals surface area contributed by atoms with Gasteiger partial charge in [-0.2, -0.15) is 18.4 Å². The minimum absolute atomic E-state index is 0.0950. The summed E-state index contributed by atoms with van der Waals surface area (Å²) in [6.07, 6.45) is -3.73. The number of benzene rings is 2. The molecule has 1 aliphatic rings. The average Bonchev–Trinajstić information content (AvgIpc) is 2.84. The number of aliphatic carboxylic acids is 1. The van der Waals surface area contributed by atoms with Crippen LogP contribution in [0.1, 0.15) is 52.0 Å². The van der Waals surface area contributed by atoms with Crippen molar-refractivity contribution >= 4 is 17.6 Å². The average molecular weight is 511 g/mol. The van der Waals surface area contributed by atoms with Crippen molar-refractivity contribution in [1.82, 2.24) is 4.98 Å². The summed E-state index contributed by atoms with van der Waals surface area (Å²) in [7, 11) is 0. The molecule has 0 bridgehead atoms. The van der Waals surface area contributed by atoms with E-state index in [0.717, 1.165) is 18.3 Å². The van der Waals surface area contributed by atoms with Crippen molar-refractivity contribution < 1.29 is 37.3 Å². The molecule has 37 heavy (non-hydrogen) atoms. The number of carbonyl (C=O) groups is 2. The molecule has 0 saturated carbocycles. The number of halogens is 3. The molecule has 0 spiro atoms. The Kier molecular flexibility index (Phi) is 6.76. The Balaban J connectivity index is 1.54. The fourth-order valence-electron chi connectivity index (χ4n) is 3.94. The SMILES string of the molecule is Cc1cc(C(=O)Nc2ccc(C(F)(F)F)nc2)ccc1Oc1cc2c(cc1C#N)C(C(=O)O)CC(C)O2. The van der Waals surface area contributed by atoms with Gasteiger partial charge in [0.2, 0.25) is 0 Å². The molecule has 4 rings (SSSR count). The molecule has 1 aliphatic heterocycles. The molecule has 2 atom stereocenters. The number of anilines is 1. The lowest BCUT2D eigenvalue weighted by atomic mass is 9.89. The van der Waals surface area contributed by atoms with Crippen molar-refractivity contribution in [2.45, 2.75) is 38.5 Å². The summed E-state index contributed by atoms with van der Waals surface area (Å²) >= 11 is 0. The highest BCUT2D eigenvalue weighted by atomic mass is 19.4. The van der Waals surface area contributed by atoms with Gasteiger partial charge in [-0.25, -0.2) is 4.98 Å². The molecule has 0 aliphatic carbocycles. The standard InChI is InChI=1S/C26H20F3N3O5/c1-13-7-15(24(33)32-17-4-6-23(31-12-17)26(27,28)29)3-5-20(13)37-21-10-22-18(9-16(21)11-30)19(25(34)35)8-14(2)36-22/h3-7,9-10,12,14,19H,8H2,1-2H3,(H,32,33)(H,34,35). The van der Waals surface area contributed by atoms with Crippen LogP contribution in [0.3, 0.4) is 0 Å². The van der Waals surface area contributed by atoms with Crippen molar-refractivity contribution in [1.29, 1.82) is 5.26 Å². The van der Waals surface area contributed by atoms with E-state index in [9.17, 15) is 33.1 Å². The second-order valence-corrected chi connectivity index (χ2v) is 8.52. The number of hydrogen-bond donors (Lipinski definition) is 2. The first-order chi connectivity index (χ1) is 17.5. The molecule has 2 heterocycles. The Bertz CT molecular complexity index is 1410. The van der Waals surface area contributed by atoms with Crippen LogP contribution in [-0.4, -0.2) is 28.1 Å². The van der Waals surface area contributed by atoms with Crippen LogP contribution in [0.4, 0.5) is 18.9 Å². The van der Waals surface area contributed by atoms with Gasteiger partial charge in [0.25, 0.3) is 5.91 Å². The Hall–Kier alpha value is -4.59. The number of aromatic nitrogens is 1. The lowest BCUT2D eigenvalue weighted by Crippen LogP contribution is -2.27. The van der Waals surface area contributed by atoms with E-state index in [1.165, 1.54) is 30.3 Å². The van der Waals surface area contributed by atoms with Crippen molar-refractivity contribution in [3.05, 3.63) is 76.6 Å². The third-order valence-corrected chi connectivity index (χ3v) is 5.77. The number of fused-ring (bicyclic) bond motifs is 1. The van der Waals surface area contributed by atoms with E-state index in [4.69, 9.17) is 9.47 Å². The fourth-order valence-corrected chi connectivity index (χ4v) is 3.94. The maximum atomic E-state index is 12.7. The second-order valence-electron chi connectivity index (χ2n) is 8.52. The normalized spacial score (nSPS) is 16.6. The van der Waals surface area contributed by atoms with Crippen LogP contribution in [0.5, 0.6) is 17.2 Å². The predicted octanol–water partition coefficient (Wildman–Crippen LogP) is 5.66. The lowest BCUT2D eigenvalue weighted by Gasteiger charge is -2.28. The largest absolute Gasteiger partial charge is 0.490 e. The number of nitriles is 1. The second kappa shape index (κ2) is 9.81. The zero-order valence-electron chi connectivity index (χ0n) is 19.6. The van der Waals surface area contributed by atoms with E-state index in [2.05, 4.69) is 10.3 Å². The summed E-state index contributed by atoms with van der Waals surface area (Å²) in [5.74, 6) is -1.56. The molecule has 2 N–H and O–H groups in total. The Labute approximate surface area is 209 Å². The first-order valence-electron chi connectivity index (χ1n) is 11.1. The molecule has 0 fully saturated rings. The van der Waals surface area contributed by atoms with Crippen LogP contribution in [0.15, 0.2) is 48.7 Å². The highest BCUT2D eigenvalue weighted by molar-refractivity contribution is 6.04. The van der Waals surface area contributed by atoms with E-state index in [0.29, 0.717) is 22.6 Å². The fraction of sp³-hybridized carbons (Fsp3) is 0.231. The zero-order chi connectivity index (χ0) is 26.9. The molecule has 11 heteroatoms. The van der Waals surface area contributed by atoms with Crippen molar-refractivity contribution in [2.24, 2.45) is 0 Å². The highest BCUT2D eigenvalue weighted by Crippen LogP contribution is 2.42. The molecule has 1 aromatic heterocycles. The summed E-state index contributed by atoms with van der Waals surface area (Å²) < 4.78 is 49.7. The van der Waals surface area contributed by atoms with Crippen LogP contribution in [0, 0.1) is 18.3 Å². The number of carboxylic acids is 1. The third-order valence-electron chi connectivity index (χ3n) is 5.77. The van der Waals surface area contributed by atoms with E-state index in [-0.39, 0.29) is 35.1 Å². The van der Waals surface area contributed by atoms with Gasteiger partial charge < -0.3 is 19.9 Å². The van der Waals surface area contributed by atoms with Gasteiger partial charge in [-0.05, 0) is 55.8 Å². The number of rotatable bonds is 5. The number of aryl methyl sites for hydroxylation is 1. The highest BCUT2D eigenvalue weighted by Gasteiger charge is 2.33. The first kappa shape index (κ1) is 25.5. The number of nitrogens with zero attached hydrogens (tertiary/aromatic N) is 2. The van der Waals surface area contributed by atoms with E-state index < -0.39 is 29.7 Å². The number of ether oxygens (including phenoxy) is 2. The number of carboxylic acid groups (broad SMARTS) is 1. The van der Waals surface area contributed by atoms with Crippen LogP contribution >= 0.6 is 0 Å². The predicted molar refractivity (Wildman–Crippen MR) is 125 cm³/mol. The minimum Gasteiger partial charge on any atom is -0.490 e. The van der Waals surface area contributed by atoms with Crippen molar-refractivity contribution in [2.75, 3.05) is 5.32 Å². The summed E-state index contributed by atoms with van der Waals surface area (Å²) in [6, 6.07) is 11.3. The quantitative estimate of drug-likeness (QED) is 0.453. The van der Waals surface area contributed by atoms with Gasteiger partial charge in [0, 0.05) is 23.6 Å². The molecular weight excluding hydrogens is 491 g/mol. The maximum Gasteiger partial charge on any atom is 0.433 e. The monoisotopic (exact) mass is 511 g/mol. The number of carbonyl (C=O) groups excluding carboxylic acids is 1. The topological polar surface area (TPSA) is 122 Å². The van der Waals surface area contributed by atoms with Gasteiger partial charge in [-0.15, -0.1) is 0 Å². The number of pyridine rings is 1. The van der Waals surface area contributed by atoms with Gasteiger partial charge in [-0.1, -0.05) is 0 Å². The van der Waals surface area contributed by atoms with E-state index in [1.807, 2.05) is 6.07 Å². The Morgan fingerprint density at radius 1 is 1.19 bits per heavy atom. The Morgan fingerprint density at radius 2 is 1.95 bits per heavy atom. The molecule has 0 saturated heterocycles. The van der Waals surface area contributed by atoms with Crippen LogP contribution in [0.25, 0.3) is 0 Å². The lowest BCUT2D eigenvalue weighted by molar-refractivity contribution is -0.141. The molecule has 190 valence electrons. The molecule has 1 amide bonds. The van der Waals surface area contributed by atoms with Gasteiger partial charge in [-0.3, -0.25) is 9.59 Å². The maximum absolute atomic E-state index is 12.7. The molecule has 2 unspecified atom stereocenters. The van der Waals surface area contributed by atoms with E-state index in [1.54, 1.807) is 13.8 Å². The van der Waals surface area contributed by atoms with Gasteiger partial charge >= 0.3 is 12.1 Å².